The highest BCUT2D eigenvalue weighted by Crippen LogP contribution is 2.33. The molecule has 0 aliphatic heterocycles. The predicted molar refractivity (Wildman–Crippen MR) is 59.7 cm³/mol. The van der Waals surface area contributed by atoms with E-state index in [-0.39, 0.29) is 0 Å². The largest absolute Gasteiger partial charge is 0.355 e. The first-order chi connectivity index (χ1) is 7.13. The van der Waals surface area contributed by atoms with Gasteiger partial charge in [-0.15, -0.1) is 11.3 Å². The smallest absolute Gasteiger partial charge is 0.183 e. The predicted octanol–water partition coefficient (Wildman–Crippen LogP) is 2.18. The number of nitrogens with two attached hydrogens (primary N) is 1. The van der Waals surface area contributed by atoms with Crippen LogP contribution in [0.15, 0.2) is 4.52 Å². The molecule has 2 aromatic rings. The van der Waals surface area contributed by atoms with E-state index in [1.807, 2.05) is 20.8 Å². The van der Waals surface area contributed by atoms with Gasteiger partial charge in [-0.2, -0.15) is 0 Å². The monoisotopic (exact) mass is 223 g/mol. The summed E-state index contributed by atoms with van der Waals surface area (Å²) < 4.78 is 5.31. The molecule has 0 bridgehead atoms. The van der Waals surface area contributed by atoms with Gasteiger partial charge < -0.3 is 10.3 Å². The minimum Gasteiger partial charge on any atom is -0.355 e. The maximum Gasteiger partial charge on any atom is 0.183 e. The summed E-state index contributed by atoms with van der Waals surface area (Å²) in [7, 11) is 0. The van der Waals surface area contributed by atoms with E-state index >= 15 is 0 Å². The Kier molecular flexibility index (Phi) is 2.58. The second-order valence-electron chi connectivity index (χ2n) is 3.43. The molecule has 0 saturated carbocycles. The molecule has 80 valence electrons. The van der Waals surface area contributed by atoms with E-state index in [2.05, 4.69) is 10.1 Å². The highest BCUT2D eigenvalue weighted by atomic mass is 32.1. The van der Waals surface area contributed by atoms with Crippen molar-refractivity contribution < 1.29 is 4.52 Å². The van der Waals surface area contributed by atoms with Crippen LogP contribution in [-0.4, -0.2) is 10.1 Å². The lowest BCUT2D eigenvalue weighted by Gasteiger charge is -1.96. The molecule has 0 aliphatic rings. The van der Waals surface area contributed by atoms with Gasteiger partial charge in [0.2, 0.25) is 0 Å². The molecule has 0 saturated heterocycles. The molecular formula is C10H13N3OS. The van der Waals surface area contributed by atoms with Crippen LogP contribution in [0.4, 0.5) is 0 Å². The Hall–Kier alpha value is -1.20. The van der Waals surface area contributed by atoms with Crippen molar-refractivity contribution in [2.24, 2.45) is 5.73 Å². The van der Waals surface area contributed by atoms with Crippen molar-refractivity contribution in [2.45, 2.75) is 27.3 Å². The third kappa shape index (κ3) is 1.68. The van der Waals surface area contributed by atoms with Crippen molar-refractivity contribution in [3.63, 3.8) is 0 Å². The summed E-state index contributed by atoms with van der Waals surface area (Å²) in [5.41, 5.74) is 8.48. The zero-order valence-corrected chi connectivity index (χ0v) is 9.81. The third-order valence-electron chi connectivity index (χ3n) is 2.30. The van der Waals surface area contributed by atoms with Gasteiger partial charge in [0.05, 0.1) is 21.3 Å². The Morgan fingerprint density at radius 1 is 1.27 bits per heavy atom. The van der Waals surface area contributed by atoms with E-state index in [0.717, 1.165) is 32.6 Å². The number of aromatic nitrogens is 2. The zero-order chi connectivity index (χ0) is 11.0. The first-order valence-electron chi connectivity index (χ1n) is 4.73. The number of hydrogen-bond acceptors (Lipinski definition) is 5. The van der Waals surface area contributed by atoms with Crippen molar-refractivity contribution in [3.05, 3.63) is 22.0 Å². The Balaban J connectivity index is 2.58. The van der Waals surface area contributed by atoms with E-state index in [4.69, 9.17) is 10.3 Å². The normalized spacial score (nSPS) is 10.9. The summed E-state index contributed by atoms with van der Waals surface area (Å²) in [6.45, 7) is 6.29. The molecule has 2 aromatic heterocycles. The van der Waals surface area contributed by atoms with E-state index in [9.17, 15) is 0 Å². The van der Waals surface area contributed by atoms with Crippen LogP contribution in [0.2, 0.25) is 0 Å². The first-order valence-corrected chi connectivity index (χ1v) is 5.54. The van der Waals surface area contributed by atoms with Crippen molar-refractivity contribution >= 4 is 11.3 Å². The lowest BCUT2D eigenvalue weighted by Crippen LogP contribution is -1.98. The van der Waals surface area contributed by atoms with Crippen LogP contribution in [0, 0.1) is 20.8 Å². The summed E-state index contributed by atoms with van der Waals surface area (Å²) in [5, 5.41) is 4.97. The third-order valence-corrected chi connectivity index (χ3v) is 3.37. The quantitative estimate of drug-likeness (QED) is 0.847. The molecule has 0 aromatic carbocycles. The van der Waals surface area contributed by atoms with Gasteiger partial charge in [0, 0.05) is 12.1 Å². The number of hydrogen-bond donors (Lipinski definition) is 1. The highest BCUT2D eigenvalue weighted by Gasteiger charge is 2.18. The second-order valence-corrected chi connectivity index (χ2v) is 4.63. The van der Waals surface area contributed by atoms with Gasteiger partial charge in [0.15, 0.2) is 5.76 Å². The van der Waals surface area contributed by atoms with E-state index in [1.165, 1.54) is 0 Å². The number of aryl methyl sites for hydroxylation is 3. The van der Waals surface area contributed by atoms with Crippen LogP contribution in [0.5, 0.6) is 0 Å². The number of rotatable bonds is 2. The fourth-order valence-electron chi connectivity index (χ4n) is 1.55. The fourth-order valence-corrected chi connectivity index (χ4v) is 2.47. The Morgan fingerprint density at radius 3 is 2.53 bits per heavy atom. The highest BCUT2D eigenvalue weighted by molar-refractivity contribution is 7.15. The molecule has 2 heterocycles. The molecule has 0 atom stereocenters. The maximum atomic E-state index is 5.67. The van der Waals surface area contributed by atoms with Gasteiger partial charge in [-0.1, -0.05) is 5.16 Å². The maximum absolute atomic E-state index is 5.67. The molecule has 15 heavy (non-hydrogen) atoms. The summed E-state index contributed by atoms with van der Waals surface area (Å²) in [5.74, 6) is 0.776. The van der Waals surface area contributed by atoms with Gasteiger partial charge in [-0.3, -0.25) is 0 Å². The van der Waals surface area contributed by atoms with Crippen molar-refractivity contribution in [2.75, 3.05) is 0 Å². The lowest BCUT2D eigenvalue weighted by atomic mass is 10.1. The fraction of sp³-hybridized carbons (Fsp3) is 0.400. The van der Waals surface area contributed by atoms with Gasteiger partial charge >= 0.3 is 0 Å². The van der Waals surface area contributed by atoms with E-state index in [0.29, 0.717) is 6.54 Å². The summed E-state index contributed by atoms with van der Waals surface area (Å²) >= 11 is 1.61. The molecule has 2 N–H and O–H groups in total. The minimum atomic E-state index is 0.445. The molecule has 0 radical (unpaired) electrons. The van der Waals surface area contributed by atoms with Gasteiger partial charge in [0.25, 0.3) is 0 Å². The Labute approximate surface area is 92.1 Å². The Bertz CT molecular complexity index is 487. The standard InChI is InChI=1S/C10H13N3OS/c1-5-8(4-11)9(14-13-5)10-6(2)12-7(3)15-10/h4,11H2,1-3H3. The molecular weight excluding hydrogens is 210 g/mol. The molecule has 0 spiro atoms. The van der Waals surface area contributed by atoms with Crippen LogP contribution in [0.25, 0.3) is 10.6 Å². The Morgan fingerprint density at radius 2 is 2.00 bits per heavy atom. The SMILES string of the molecule is Cc1nc(C)c(-c2onc(C)c2CN)s1. The summed E-state index contributed by atoms with van der Waals surface area (Å²) in [4.78, 5) is 5.40. The summed E-state index contributed by atoms with van der Waals surface area (Å²) in [6.07, 6.45) is 0. The van der Waals surface area contributed by atoms with Crippen LogP contribution in [0.3, 0.4) is 0 Å². The van der Waals surface area contributed by atoms with E-state index in [1.54, 1.807) is 11.3 Å². The topological polar surface area (TPSA) is 64.9 Å². The summed E-state index contributed by atoms with van der Waals surface area (Å²) in [6, 6.07) is 0. The second kappa shape index (κ2) is 3.75. The van der Waals surface area contributed by atoms with Crippen molar-refractivity contribution in [1.29, 1.82) is 0 Å². The average molecular weight is 223 g/mol. The number of thiazole rings is 1. The molecule has 4 nitrogen and oxygen atoms in total. The van der Waals surface area contributed by atoms with Crippen LogP contribution < -0.4 is 5.73 Å². The van der Waals surface area contributed by atoms with Crippen LogP contribution >= 0.6 is 11.3 Å². The molecule has 5 heteroatoms. The molecule has 0 amide bonds. The minimum absolute atomic E-state index is 0.445. The molecule has 2 rings (SSSR count). The van der Waals surface area contributed by atoms with Crippen molar-refractivity contribution in [1.82, 2.24) is 10.1 Å². The van der Waals surface area contributed by atoms with Gasteiger partial charge in [0.1, 0.15) is 0 Å². The van der Waals surface area contributed by atoms with Gasteiger partial charge in [-0.05, 0) is 20.8 Å². The van der Waals surface area contributed by atoms with Gasteiger partial charge in [-0.25, -0.2) is 4.98 Å². The van der Waals surface area contributed by atoms with E-state index < -0.39 is 0 Å². The number of nitrogens with zero attached hydrogens (tertiary/aromatic N) is 2. The zero-order valence-electron chi connectivity index (χ0n) is 9.00. The van der Waals surface area contributed by atoms with Crippen LogP contribution in [-0.2, 0) is 6.54 Å². The molecule has 0 fully saturated rings. The molecule has 0 aliphatic carbocycles. The van der Waals surface area contributed by atoms with Crippen molar-refractivity contribution in [3.8, 4) is 10.6 Å². The van der Waals surface area contributed by atoms with Crippen LogP contribution in [0.1, 0.15) is 22.0 Å². The average Bonchev–Trinajstić information content (AvgIpc) is 2.69. The molecule has 0 unspecified atom stereocenters. The first kappa shape index (κ1) is 10.3. The lowest BCUT2D eigenvalue weighted by molar-refractivity contribution is 0.427.